The largest absolute Gasteiger partial charge is 0.490 e. The lowest BCUT2D eigenvalue weighted by Crippen LogP contribution is -2.40. The molecule has 1 aliphatic rings. The van der Waals surface area contributed by atoms with Gasteiger partial charge in [-0.1, -0.05) is 71.3 Å². The second-order valence-electron chi connectivity index (χ2n) is 9.13. The Morgan fingerprint density at radius 3 is 2.68 bits per heavy atom. The molecule has 0 aliphatic carbocycles. The Hall–Kier alpha value is -4.32. The number of allylic oxidation sites excluding steroid dienone is 1. The van der Waals surface area contributed by atoms with E-state index in [0.717, 1.165) is 16.3 Å². The van der Waals surface area contributed by atoms with E-state index in [-0.39, 0.29) is 18.8 Å². The summed E-state index contributed by atoms with van der Waals surface area (Å²) in [6.45, 7) is 5.99. The van der Waals surface area contributed by atoms with Crippen LogP contribution in [-0.2, 0) is 9.53 Å². The van der Waals surface area contributed by atoms with Crippen molar-refractivity contribution in [1.29, 1.82) is 0 Å². The molecule has 0 fully saturated rings. The van der Waals surface area contributed by atoms with Crippen molar-refractivity contribution in [2.75, 3.05) is 19.8 Å². The van der Waals surface area contributed by atoms with E-state index < -0.39 is 12.0 Å². The second kappa shape index (κ2) is 12.0. The summed E-state index contributed by atoms with van der Waals surface area (Å²) in [4.78, 5) is 32.5. The highest BCUT2D eigenvalue weighted by molar-refractivity contribution is 7.07. The number of thiazole rings is 1. The lowest BCUT2D eigenvalue weighted by molar-refractivity contribution is -0.139. The number of hydrogen-bond acceptors (Lipinski definition) is 7. The van der Waals surface area contributed by atoms with E-state index in [0.29, 0.717) is 49.3 Å². The molecule has 41 heavy (non-hydrogen) atoms. The number of rotatable bonds is 8. The standard InChI is InChI=1S/C32H27ClN2O5S/c1-5-15-40-29-24(33)16-20(17-25(29)38-6-2)18-26-30(36)35-28(23-14-10-12-21-11-8-9-13-22(21)23)27(31(37)39-7-3)19(4)34-32(35)41-26/h1,8-14,16-18,28H,6-7,15H2,2-4H3/b26-18+/t28-/m1/s1. The van der Waals surface area contributed by atoms with Crippen LogP contribution in [0, 0.1) is 12.3 Å². The normalized spacial score (nSPS) is 14.8. The van der Waals surface area contributed by atoms with Crippen molar-refractivity contribution >= 4 is 45.8 Å². The fourth-order valence-electron chi connectivity index (χ4n) is 4.91. The number of ether oxygens (including phenoxy) is 3. The van der Waals surface area contributed by atoms with Crippen LogP contribution in [0.15, 0.2) is 75.7 Å². The molecule has 0 bridgehead atoms. The number of nitrogens with zero attached hydrogens (tertiary/aromatic N) is 2. The zero-order valence-electron chi connectivity index (χ0n) is 22.8. The van der Waals surface area contributed by atoms with Crippen LogP contribution in [0.2, 0.25) is 5.02 Å². The second-order valence-corrected chi connectivity index (χ2v) is 10.5. The number of halogens is 1. The van der Waals surface area contributed by atoms with Gasteiger partial charge in [0.15, 0.2) is 16.3 Å². The summed E-state index contributed by atoms with van der Waals surface area (Å²) < 4.78 is 18.8. The molecule has 0 N–H and O–H groups in total. The van der Waals surface area contributed by atoms with E-state index >= 15 is 0 Å². The minimum absolute atomic E-state index is 0.0358. The molecule has 0 saturated carbocycles. The molecule has 0 spiro atoms. The maximum absolute atomic E-state index is 14.1. The van der Waals surface area contributed by atoms with Crippen molar-refractivity contribution in [3.63, 3.8) is 0 Å². The summed E-state index contributed by atoms with van der Waals surface area (Å²) in [5.74, 6) is 2.68. The lowest BCUT2D eigenvalue weighted by Gasteiger charge is -2.25. The van der Waals surface area contributed by atoms with Gasteiger partial charge in [-0.3, -0.25) is 9.36 Å². The Labute approximate surface area is 246 Å². The Morgan fingerprint density at radius 2 is 1.93 bits per heavy atom. The number of benzene rings is 3. The number of hydrogen-bond donors (Lipinski definition) is 0. The fourth-order valence-corrected chi connectivity index (χ4v) is 6.23. The van der Waals surface area contributed by atoms with Gasteiger partial charge in [0.1, 0.15) is 6.61 Å². The average Bonchev–Trinajstić information content (AvgIpc) is 3.25. The molecular formula is C32H27ClN2O5S. The highest BCUT2D eigenvalue weighted by atomic mass is 35.5. The Balaban J connectivity index is 1.73. The van der Waals surface area contributed by atoms with Crippen molar-refractivity contribution < 1.29 is 19.0 Å². The van der Waals surface area contributed by atoms with Gasteiger partial charge in [0.05, 0.1) is 40.1 Å². The van der Waals surface area contributed by atoms with Crippen LogP contribution in [0.3, 0.4) is 0 Å². The third kappa shape index (κ3) is 5.39. The first kappa shape index (κ1) is 28.2. The molecule has 1 aromatic heterocycles. The molecule has 7 nitrogen and oxygen atoms in total. The molecule has 3 aromatic carbocycles. The molecule has 0 amide bonds. The highest BCUT2D eigenvalue weighted by Gasteiger charge is 2.34. The molecule has 208 valence electrons. The highest BCUT2D eigenvalue weighted by Crippen LogP contribution is 2.37. The first-order valence-electron chi connectivity index (χ1n) is 13.1. The number of carbonyl (C=O) groups excluding carboxylic acids is 1. The Kier molecular flexibility index (Phi) is 8.29. The van der Waals surface area contributed by atoms with Crippen LogP contribution >= 0.6 is 22.9 Å². The van der Waals surface area contributed by atoms with Gasteiger partial charge in [0.25, 0.3) is 5.56 Å². The maximum atomic E-state index is 14.1. The molecule has 1 aliphatic heterocycles. The number of esters is 1. The van der Waals surface area contributed by atoms with Crippen LogP contribution in [0.5, 0.6) is 11.5 Å². The molecule has 0 radical (unpaired) electrons. The van der Waals surface area contributed by atoms with Gasteiger partial charge in [-0.15, -0.1) is 6.42 Å². The molecule has 0 unspecified atom stereocenters. The molecule has 0 saturated heterocycles. The first-order chi connectivity index (χ1) is 19.9. The predicted octanol–water partition coefficient (Wildman–Crippen LogP) is 5.02. The van der Waals surface area contributed by atoms with E-state index in [1.165, 1.54) is 11.3 Å². The van der Waals surface area contributed by atoms with E-state index in [2.05, 4.69) is 10.9 Å². The van der Waals surface area contributed by atoms with Crippen molar-refractivity contribution in [1.82, 2.24) is 4.57 Å². The van der Waals surface area contributed by atoms with Gasteiger partial charge in [0.2, 0.25) is 0 Å². The number of carbonyl (C=O) groups is 1. The van der Waals surface area contributed by atoms with Gasteiger partial charge < -0.3 is 14.2 Å². The van der Waals surface area contributed by atoms with Crippen molar-refractivity contribution in [3.05, 3.63) is 102 Å². The summed E-state index contributed by atoms with van der Waals surface area (Å²) in [5, 5.41) is 2.23. The van der Waals surface area contributed by atoms with Crippen LogP contribution < -0.4 is 24.4 Å². The minimum atomic E-state index is -0.722. The van der Waals surface area contributed by atoms with Crippen LogP contribution in [0.4, 0.5) is 0 Å². The molecule has 9 heteroatoms. The number of fused-ring (bicyclic) bond motifs is 2. The van der Waals surface area contributed by atoms with Crippen LogP contribution in [0.1, 0.15) is 37.9 Å². The fraction of sp³-hybridized carbons (Fsp3) is 0.219. The Bertz CT molecular complexity index is 1910. The third-order valence-electron chi connectivity index (χ3n) is 6.56. The van der Waals surface area contributed by atoms with Gasteiger partial charge in [-0.05, 0) is 60.9 Å². The molecular weight excluding hydrogens is 560 g/mol. The number of terminal acetylenes is 1. The van der Waals surface area contributed by atoms with E-state index in [9.17, 15) is 9.59 Å². The summed E-state index contributed by atoms with van der Waals surface area (Å²) in [6.07, 6.45) is 7.07. The van der Waals surface area contributed by atoms with Gasteiger partial charge in [-0.25, -0.2) is 9.79 Å². The zero-order chi connectivity index (χ0) is 29.1. The average molecular weight is 587 g/mol. The van der Waals surface area contributed by atoms with Crippen molar-refractivity contribution in [2.45, 2.75) is 26.8 Å². The zero-order valence-corrected chi connectivity index (χ0v) is 24.3. The van der Waals surface area contributed by atoms with E-state index in [1.54, 1.807) is 36.6 Å². The monoisotopic (exact) mass is 586 g/mol. The first-order valence-corrected chi connectivity index (χ1v) is 14.3. The van der Waals surface area contributed by atoms with Crippen molar-refractivity contribution in [3.8, 4) is 23.8 Å². The van der Waals surface area contributed by atoms with Gasteiger partial charge >= 0.3 is 5.97 Å². The molecule has 4 aromatic rings. The quantitative estimate of drug-likeness (QED) is 0.214. The summed E-state index contributed by atoms with van der Waals surface area (Å²) >= 11 is 7.76. The minimum Gasteiger partial charge on any atom is -0.490 e. The summed E-state index contributed by atoms with van der Waals surface area (Å²) in [7, 11) is 0. The van der Waals surface area contributed by atoms with Gasteiger partial charge in [-0.2, -0.15) is 0 Å². The number of aromatic nitrogens is 1. The Morgan fingerprint density at radius 1 is 1.15 bits per heavy atom. The topological polar surface area (TPSA) is 79.1 Å². The molecule has 5 rings (SSSR count). The molecule has 1 atom stereocenters. The van der Waals surface area contributed by atoms with Crippen molar-refractivity contribution in [2.24, 2.45) is 4.99 Å². The third-order valence-corrected chi connectivity index (χ3v) is 7.83. The SMILES string of the molecule is C#CCOc1c(Cl)cc(/C=c2/sc3n(c2=O)[C@H](c2cccc4ccccc24)C(C(=O)OCC)=C(C)N=3)cc1OCC. The summed E-state index contributed by atoms with van der Waals surface area (Å²) in [5.41, 5.74) is 2.00. The predicted molar refractivity (Wildman–Crippen MR) is 161 cm³/mol. The lowest BCUT2D eigenvalue weighted by atomic mass is 9.91. The smallest absolute Gasteiger partial charge is 0.338 e. The van der Waals surface area contributed by atoms with Crippen LogP contribution in [0.25, 0.3) is 16.8 Å². The maximum Gasteiger partial charge on any atom is 0.338 e. The van der Waals surface area contributed by atoms with E-state index in [4.69, 9.17) is 32.2 Å². The van der Waals surface area contributed by atoms with Gasteiger partial charge in [0, 0.05) is 0 Å². The summed E-state index contributed by atoms with van der Waals surface area (Å²) in [6, 6.07) is 16.4. The van der Waals surface area contributed by atoms with E-state index in [1.807, 2.05) is 49.4 Å². The molecule has 2 heterocycles. The van der Waals surface area contributed by atoms with Crippen LogP contribution in [-0.4, -0.2) is 30.4 Å².